The Kier molecular flexibility index (Phi) is 5.63. The van der Waals surface area contributed by atoms with Crippen LogP contribution < -0.4 is 10.1 Å². The highest BCUT2D eigenvalue weighted by Gasteiger charge is 2.09. The van der Waals surface area contributed by atoms with Crippen LogP contribution in [0.2, 0.25) is 0 Å². The van der Waals surface area contributed by atoms with Crippen LogP contribution in [0, 0.1) is 0 Å². The van der Waals surface area contributed by atoms with E-state index in [4.69, 9.17) is 9.15 Å². The number of oxazole rings is 1. The molecule has 20 heavy (non-hydrogen) atoms. The molecule has 0 aliphatic rings. The second-order valence-electron chi connectivity index (χ2n) is 4.26. The standard InChI is InChI=1S/C14H16Br2N2O2/c1-3-11-7-18-13(20-11)8-17-6-9-4-10(15)5-12(16)14(9)19-2/h4-5,7,17H,3,6,8H2,1-2H3. The minimum atomic E-state index is 0.591. The predicted molar refractivity (Wildman–Crippen MR) is 84.8 cm³/mol. The van der Waals surface area contributed by atoms with E-state index in [2.05, 4.69) is 42.2 Å². The molecule has 1 heterocycles. The van der Waals surface area contributed by atoms with E-state index in [0.29, 0.717) is 19.0 Å². The number of aryl methyl sites for hydroxylation is 1. The number of nitrogens with one attached hydrogen (secondary N) is 1. The lowest BCUT2D eigenvalue weighted by Gasteiger charge is -2.11. The maximum absolute atomic E-state index is 5.55. The Morgan fingerprint density at radius 1 is 1.30 bits per heavy atom. The summed E-state index contributed by atoms with van der Waals surface area (Å²) in [4.78, 5) is 4.22. The molecule has 108 valence electrons. The lowest BCUT2D eigenvalue weighted by Crippen LogP contribution is -2.13. The molecule has 0 radical (unpaired) electrons. The fourth-order valence-corrected chi connectivity index (χ4v) is 3.35. The molecule has 4 nitrogen and oxygen atoms in total. The largest absolute Gasteiger partial charge is 0.495 e. The summed E-state index contributed by atoms with van der Waals surface area (Å²) in [5.41, 5.74) is 1.07. The van der Waals surface area contributed by atoms with Gasteiger partial charge in [-0.15, -0.1) is 0 Å². The van der Waals surface area contributed by atoms with E-state index in [1.807, 2.05) is 19.1 Å². The van der Waals surface area contributed by atoms with Crippen LogP contribution in [0.15, 0.2) is 31.7 Å². The van der Waals surface area contributed by atoms with Crippen LogP contribution in [0.5, 0.6) is 5.75 Å². The van der Waals surface area contributed by atoms with Gasteiger partial charge in [0.05, 0.1) is 24.3 Å². The van der Waals surface area contributed by atoms with Crippen molar-refractivity contribution in [2.75, 3.05) is 7.11 Å². The van der Waals surface area contributed by atoms with Crippen molar-refractivity contribution in [1.29, 1.82) is 0 Å². The Bertz CT molecular complexity index is 585. The van der Waals surface area contributed by atoms with Crippen molar-refractivity contribution in [3.05, 3.63) is 44.5 Å². The first-order valence-corrected chi connectivity index (χ1v) is 7.88. The van der Waals surface area contributed by atoms with Crippen molar-refractivity contribution in [3.8, 4) is 5.75 Å². The van der Waals surface area contributed by atoms with E-state index in [0.717, 1.165) is 32.4 Å². The van der Waals surface area contributed by atoms with Crippen molar-refractivity contribution in [2.24, 2.45) is 0 Å². The van der Waals surface area contributed by atoms with E-state index < -0.39 is 0 Å². The van der Waals surface area contributed by atoms with Gasteiger partial charge >= 0.3 is 0 Å². The molecular weight excluding hydrogens is 388 g/mol. The number of benzene rings is 1. The zero-order valence-electron chi connectivity index (χ0n) is 11.4. The zero-order valence-corrected chi connectivity index (χ0v) is 14.5. The molecule has 0 saturated heterocycles. The molecule has 0 amide bonds. The third-order valence-electron chi connectivity index (χ3n) is 2.83. The number of methoxy groups -OCH3 is 1. The van der Waals surface area contributed by atoms with Gasteiger partial charge in [0.15, 0.2) is 0 Å². The molecule has 0 fully saturated rings. The summed E-state index contributed by atoms with van der Waals surface area (Å²) in [6.45, 7) is 3.31. The Morgan fingerprint density at radius 3 is 2.75 bits per heavy atom. The molecule has 6 heteroatoms. The zero-order chi connectivity index (χ0) is 14.5. The summed E-state index contributed by atoms with van der Waals surface area (Å²) in [5.74, 6) is 2.45. The minimum Gasteiger partial charge on any atom is -0.495 e. The van der Waals surface area contributed by atoms with Crippen molar-refractivity contribution in [2.45, 2.75) is 26.4 Å². The minimum absolute atomic E-state index is 0.591. The average Bonchev–Trinajstić information content (AvgIpc) is 2.86. The van der Waals surface area contributed by atoms with Crippen LogP contribution in [0.25, 0.3) is 0 Å². The second-order valence-corrected chi connectivity index (χ2v) is 6.03. The summed E-state index contributed by atoms with van der Waals surface area (Å²) in [6.07, 6.45) is 2.63. The molecular formula is C14H16Br2N2O2. The number of hydrogen-bond donors (Lipinski definition) is 1. The smallest absolute Gasteiger partial charge is 0.208 e. The van der Waals surface area contributed by atoms with Gasteiger partial charge in [0, 0.05) is 23.0 Å². The number of hydrogen-bond acceptors (Lipinski definition) is 4. The Labute approximate surface area is 135 Å². The van der Waals surface area contributed by atoms with Crippen molar-refractivity contribution >= 4 is 31.9 Å². The maximum Gasteiger partial charge on any atom is 0.208 e. The lowest BCUT2D eigenvalue weighted by atomic mass is 10.2. The highest BCUT2D eigenvalue weighted by molar-refractivity contribution is 9.11. The van der Waals surface area contributed by atoms with Crippen LogP contribution in [-0.2, 0) is 19.5 Å². The number of halogens is 2. The molecule has 0 bridgehead atoms. The van der Waals surface area contributed by atoms with Gasteiger partial charge in [-0.2, -0.15) is 0 Å². The van der Waals surface area contributed by atoms with E-state index in [9.17, 15) is 0 Å². The average molecular weight is 404 g/mol. The molecule has 2 rings (SSSR count). The second kappa shape index (κ2) is 7.24. The lowest BCUT2D eigenvalue weighted by molar-refractivity contribution is 0.401. The highest BCUT2D eigenvalue weighted by atomic mass is 79.9. The maximum atomic E-state index is 5.55. The SMILES string of the molecule is CCc1cnc(CNCc2cc(Br)cc(Br)c2OC)o1. The van der Waals surface area contributed by atoms with Gasteiger partial charge in [0.2, 0.25) is 5.89 Å². The van der Waals surface area contributed by atoms with Gasteiger partial charge in [0.1, 0.15) is 11.5 Å². The third-order valence-corrected chi connectivity index (χ3v) is 3.88. The summed E-state index contributed by atoms with van der Waals surface area (Å²) in [5, 5.41) is 3.31. The van der Waals surface area contributed by atoms with Crippen LogP contribution in [-0.4, -0.2) is 12.1 Å². The van der Waals surface area contributed by atoms with E-state index in [1.54, 1.807) is 13.3 Å². The molecule has 1 aromatic carbocycles. The fraction of sp³-hybridized carbons (Fsp3) is 0.357. The normalized spacial score (nSPS) is 10.8. The van der Waals surface area contributed by atoms with Gasteiger partial charge in [-0.3, -0.25) is 0 Å². The van der Waals surface area contributed by atoms with Gasteiger partial charge < -0.3 is 14.5 Å². The Balaban J connectivity index is 2.00. The van der Waals surface area contributed by atoms with Crippen molar-refractivity contribution < 1.29 is 9.15 Å². The summed E-state index contributed by atoms with van der Waals surface area (Å²) < 4.78 is 12.9. The topological polar surface area (TPSA) is 47.3 Å². The first-order chi connectivity index (χ1) is 9.63. The molecule has 1 aromatic heterocycles. The number of ether oxygens (including phenoxy) is 1. The van der Waals surface area contributed by atoms with Crippen molar-refractivity contribution in [3.63, 3.8) is 0 Å². The number of aromatic nitrogens is 1. The van der Waals surface area contributed by atoms with Crippen molar-refractivity contribution in [1.82, 2.24) is 10.3 Å². The monoisotopic (exact) mass is 402 g/mol. The molecule has 0 spiro atoms. The molecule has 0 atom stereocenters. The first-order valence-electron chi connectivity index (χ1n) is 6.30. The molecule has 0 saturated carbocycles. The summed E-state index contributed by atoms with van der Waals surface area (Å²) in [7, 11) is 1.67. The predicted octanol–water partition coefficient (Wildman–Crippen LogP) is 4.06. The molecule has 0 aliphatic carbocycles. The quantitative estimate of drug-likeness (QED) is 0.789. The van der Waals surface area contributed by atoms with Crippen LogP contribution in [0.3, 0.4) is 0 Å². The summed E-state index contributed by atoms with van der Waals surface area (Å²) in [6, 6.07) is 3.99. The van der Waals surface area contributed by atoms with Gasteiger partial charge in [-0.25, -0.2) is 4.98 Å². The molecule has 0 unspecified atom stereocenters. The van der Waals surface area contributed by atoms with Gasteiger partial charge in [-0.05, 0) is 28.1 Å². The fourth-order valence-electron chi connectivity index (χ4n) is 1.87. The van der Waals surface area contributed by atoms with Crippen LogP contribution in [0.1, 0.15) is 24.1 Å². The van der Waals surface area contributed by atoms with Gasteiger partial charge in [0.25, 0.3) is 0 Å². The van der Waals surface area contributed by atoms with Gasteiger partial charge in [-0.1, -0.05) is 22.9 Å². The highest BCUT2D eigenvalue weighted by Crippen LogP contribution is 2.32. The number of rotatable bonds is 6. The van der Waals surface area contributed by atoms with Crippen LogP contribution >= 0.6 is 31.9 Å². The van der Waals surface area contributed by atoms with E-state index >= 15 is 0 Å². The third kappa shape index (κ3) is 3.84. The van der Waals surface area contributed by atoms with Crippen LogP contribution in [0.4, 0.5) is 0 Å². The summed E-state index contributed by atoms with van der Waals surface area (Å²) >= 11 is 6.98. The molecule has 0 aliphatic heterocycles. The first kappa shape index (κ1) is 15.5. The van der Waals surface area contributed by atoms with E-state index in [-0.39, 0.29) is 0 Å². The molecule has 1 N–H and O–H groups in total. The van der Waals surface area contributed by atoms with E-state index in [1.165, 1.54) is 0 Å². The Hall–Kier alpha value is -0.850. The Morgan fingerprint density at radius 2 is 2.10 bits per heavy atom. The number of nitrogens with zero attached hydrogens (tertiary/aromatic N) is 1. The molecule has 2 aromatic rings.